The number of imide groups is 1. The lowest BCUT2D eigenvalue weighted by molar-refractivity contribution is -0.115. The first-order valence-electron chi connectivity index (χ1n) is 6.39. The molecule has 0 bridgehead atoms. The molecule has 0 aromatic heterocycles. The molecular formula is C15H15NO4S. The van der Waals surface area contributed by atoms with Crippen molar-refractivity contribution in [2.24, 2.45) is 0 Å². The van der Waals surface area contributed by atoms with Crippen LogP contribution < -0.4 is 10.1 Å². The molecule has 0 saturated carbocycles. The maximum Gasteiger partial charge on any atom is 0.290 e. The molecule has 21 heavy (non-hydrogen) atoms. The van der Waals surface area contributed by atoms with Crippen LogP contribution >= 0.6 is 11.8 Å². The Hall–Kier alpha value is -2.21. The van der Waals surface area contributed by atoms with E-state index in [1.807, 2.05) is 6.92 Å². The number of benzene rings is 1. The number of thioether (sulfide) groups is 1. The molecule has 1 fully saturated rings. The lowest BCUT2D eigenvalue weighted by Gasteiger charge is -2.11. The molecule has 0 unspecified atom stereocenters. The zero-order chi connectivity index (χ0) is 15.4. The Morgan fingerprint density at radius 3 is 2.76 bits per heavy atom. The highest BCUT2D eigenvalue weighted by Gasteiger charge is 2.25. The largest absolute Gasteiger partial charge is 0.504 e. The molecule has 0 radical (unpaired) electrons. The Labute approximate surface area is 126 Å². The molecule has 2 rings (SSSR count). The van der Waals surface area contributed by atoms with Gasteiger partial charge in [-0.25, -0.2) is 0 Å². The van der Waals surface area contributed by atoms with Gasteiger partial charge in [-0.05, 0) is 48.9 Å². The predicted octanol–water partition coefficient (Wildman–Crippen LogP) is 2.84. The van der Waals surface area contributed by atoms with Crippen LogP contribution in [0.2, 0.25) is 0 Å². The first-order chi connectivity index (χ1) is 10.0. The summed E-state index contributed by atoms with van der Waals surface area (Å²) < 4.78 is 5.39. The highest BCUT2D eigenvalue weighted by atomic mass is 32.2. The number of ether oxygens (including phenoxy) is 1. The van der Waals surface area contributed by atoms with Crippen molar-refractivity contribution in [2.75, 3.05) is 6.61 Å². The van der Waals surface area contributed by atoms with Crippen LogP contribution in [-0.4, -0.2) is 22.9 Å². The van der Waals surface area contributed by atoms with E-state index < -0.39 is 5.91 Å². The Morgan fingerprint density at radius 2 is 2.19 bits per heavy atom. The van der Waals surface area contributed by atoms with Gasteiger partial charge in [0.2, 0.25) is 0 Å². The Kier molecular flexibility index (Phi) is 4.70. The first-order valence-corrected chi connectivity index (χ1v) is 7.21. The fourth-order valence-electron chi connectivity index (χ4n) is 1.92. The van der Waals surface area contributed by atoms with Gasteiger partial charge in [-0.3, -0.25) is 14.9 Å². The maximum absolute atomic E-state index is 11.6. The van der Waals surface area contributed by atoms with Crippen molar-refractivity contribution in [3.05, 3.63) is 40.8 Å². The van der Waals surface area contributed by atoms with Gasteiger partial charge < -0.3 is 9.84 Å². The zero-order valence-corrected chi connectivity index (χ0v) is 12.3. The molecular weight excluding hydrogens is 290 g/mol. The van der Waals surface area contributed by atoms with Gasteiger partial charge in [0, 0.05) is 5.56 Å². The van der Waals surface area contributed by atoms with Crippen molar-refractivity contribution in [3.8, 4) is 11.5 Å². The molecule has 1 aromatic rings. The molecule has 1 heterocycles. The summed E-state index contributed by atoms with van der Waals surface area (Å²) in [5, 5.41) is 11.9. The molecule has 110 valence electrons. The Bertz CT molecular complexity index is 637. The number of hydrogen-bond acceptors (Lipinski definition) is 5. The van der Waals surface area contributed by atoms with E-state index in [1.165, 1.54) is 0 Å². The SMILES string of the molecule is C=CCc1cc(/C=C2/SC(=O)NC2=O)cc(OCC)c1O. The van der Waals surface area contributed by atoms with Gasteiger partial charge in [-0.2, -0.15) is 0 Å². The Balaban J connectivity index is 2.43. The number of nitrogens with one attached hydrogen (secondary N) is 1. The number of amides is 2. The average molecular weight is 305 g/mol. The van der Waals surface area contributed by atoms with Crippen molar-refractivity contribution in [1.82, 2.24) is 5.32 Å². The number of hydrogen-bond donors (Lipinski definition) is 2. The van der Waals surface area contributed by atoms with E-state index in [1.54, 1.807) is 24.3 Å². The van der Waals surface area contributed by atoms with Crippen LogP contribution in [0.3, 0.4) is 0 Å². The number of phenolic OH excluding ortho intramolecular Hbond substituents is 1. The molecule has 1 aromatic carbocycles. The second kappa shape index (κ2) is 6.49. The molecule has 0 spiro atoms. The van der Waals surface area contributed by atoms with Crippen LogP contribution in [-0.2, 0) is 11.2 Å². The van der Waals surface area contributed by atoms with Crippen LogP contribution in [0.4, 0.5) is 4.79 Å². The topological polar surface area (TPSA) is 75.6 Å². The van der Waals surface area contributed by atoms with E-state index in [9.17, 15) is 14.7 Å². The average Bonchev–Trinajstić information content (AvgIpc) is 2.74. The van der Waals surface area contributed by atoms with Gasteiger partial charge in [0.05, 0.1) is 11.5 Å². The van der Waals surface area contributed by atoms with Gasteiger partial charge in [0.1, 0.15) is 0 Å². The highest BCUT2D eigenvalue weighted by molar-refractivity contribution is 8.18. The van der Waals surface area contributed by atoms with Crippen molar-refractivity contribution in [2.45, 2.75) is 13.3 Å². The van der Waals surface area contributed by atoms with E-state index in [4.69, 9.17) is 4.74 Å². The highest BCUT2D eigenvalue weighted by Crippen LogP contribution is 2.34. The third kappa shape index (κ3) is 3.46. The van der Waals surface area contributed by atoms with Gasteiger partial charge in [0.15, 0.2) is 11.5 Å². The lowest BCUT2D eigenvalue weighted by atomic mass is 10.1. The van der Waals surface area contributed by atoms with Crippen LogP contribution in [0.1, 0.15) is 18.1 Å². The van der Waals surface area contributed by atoms with Crippen LogP contribution in [0.25, 0.3) is 6.08 Å². The van der Waals surface area contributed by atoms with E-state index in [-0.39, 0.29) is 11.0 Å². The number of phenols is 1. The molecule has 6 heteroatoms. The maximum atomic E-state index is 11.6. The predicted molar refractivity (Wildman–Crippen MR) is 82.3 cm³/mol. The fraction of sp³-hybridized carbons (Fsp3) is 0.200. The van der Waals surface area contributed by atoms with Crippen molar-refractivity contribution in [1.29, 1.82) is 0 Å². The van der Waals surface area contributed by atoms with E-state index >= 15 is 0 Å². The van der Waals surface area contributed by atoms with Gasteiger partial charge in [0.25, 0.3) is 11.1 Å². The minimum atomic E-state index is -0.415. The number of carbonyl (C=O) groups excluding carboxylic acids is 2. The van der Waals surface area contributed by atoms with Gasteiger partial charge >= 0.3 is 0 Å². The summed E-state index contributed by atoms with van der Waals surface area (Å²) in [7, 11) is 0. The van der Waals surface area contributed by atoms with Crippen molar-refractivity contribution < 1.29 is 19.4 Å². The quantitative estimate of drug-likeness (QED) is 0.646. The second-order valence-electron chi connectivity index (χ2n) is 4.30. The smallest absolute Gasteiger partial charge is 0.290 e. The van der Waals surface area contributed by atoms with Crippen LogP contribution in [0, 0.1) is 0 Å². The standard InChI is InChI=1S/C15H15NO4S/c1-3-5-10-6-9(7-11(13(10)17)20-4-2)8-12-14(18)16-15(19)21-12/h3,6-8,17H,1,4-5H2,2H3,(H,16,18,19)/b12-8+. The summed E-state index contributed by atoms with van der Waals surface area (Å²) >= 11 is 0.849. The van der Waals surface area contributed by atoms with Crippen LogP contribution in [0.5, 0.6) is 11.5 Å². The van der Waals surface area contributed by atoms with Crippen molar-refractivity contribution in [3.63, 3.8) is 0 Å². The van der Waals surface area contributed by atoms with Crippen molar-refractivity contribution >= 4 is 29.0 Å². The summed E-state index contributed by atoms with van der Waals surface area (Å²) in [5.41, 5.74) is 1.33. The summed E-state index contributed by atoms with van der Waals surface area (Å²) in [6.45, 7) is 5.88. The van der Waals surface area contributed by atoms with E-state index in [0.717, 1.165) is 11.8 Å². The number of rotatable bonds is 5. The number of carbonyl (C=O) groups is 2. The summed E-state index contributed by atoms with van der Waals surface area (Å²) in [4.78, 5) is 23.0. The first kappa shape index (κ1) is 15.2. The summed E-state index contributed by atoms with van der Waals surface area (Å²) in [6, 6.07) is 3.37. The molecule has 1 aliphatic heterocycles. The molecule has 2 N–H and O–H groups in total. The molecule has 1 aliphatic rings. The van der Waals surface area contributed by atoms with E-state index in [2.05, 4.69) is 11.9 Å². The van der Waals surface area contributed by atoms with E-state index in [0.29, 0.717) is 34.8 Å². The lowest BCUT2D eigenvalue weighted by Crippen LogP contribution is -2.17. The van der Waals surface area contributed by atoms with Gasteiger partial charge in [-0.1, -0.05) is 6.08 Å². The molecule has 0 atom stereocenters. The minimum Gasteiger partial charge on any atom is -0.504 e. The Morgan fingerprint density at radius 1 is 1.43 bits per heavy atom. The third-order valence-corrected chi connectivity index (χ3v) is 3.59. The van der Waals surface area contributed by atoms with Gasteiger partial charge in [-0.15, -0.1) is 6.58 Å². The zero-order valence-electron chi connectivity index (χ0n) is 11.5. The molecule has 0 aliphatic carbocycles. The molecule has 5 nitrogen and oxygen atoms in total. The minimum absolute atomic E-state index is 0.0681. The molecule has 2 amide bonds. The summed E-state index contributed by atoms with van der Waals surface area (Å²) in [5.74, 6) is -0.00163. The second-order valence-corrected chi connectivity index (χ2v) is 5.32. The monoisotopic (exact) mass is 305 g/mol. The number of aromatic hydroxyl groups is 1. The van der Waals surface area contributed by atoms with Crippen LogP contribution in [0.15, 0.2) is 29.7 Å². The molecule has 1 saturated heterocycles. The fourth-order valence-corrected chi connectivity index (χ4v) is 2.60. The normalized spacial score (nSPS) is 16.1. The number of allylic oxidation sites excluding steroid dienone is 1. The third-order valence-electron chi connectivity index (χ3n) is 2.78. The summed E-state index contributed by atoms with van der Waals surface area (Å²) in [6.07, 6.45) is 3.74.